The first-order valence-corrected chi connectivity index (χ1v) is 21.2. The van der Waals surface area contributed by atoms with Gasteiger partial charge in [-0.25, -0.2) is 9.49 Å². The summed E-state index contributed by atoms with van der Waals surface area (Å²) in [6.45, 7) is 22.9. The van der Waals surface area contributed by atoms with Crippen LogP contribution < -0.4 is 9.84 Å². The van der Waals surface area contributed by atoms with E-state index in [-0.39, 0.29) is 10.8 Å². The molecule has 0 saturated heterocycles. The zero-order chi connectivity index (χ0) is 28.6. The first-order chi connectivity index (χ1) is 18.1. The van der Waals surface area contributed by atoms with Crippen LogP contribution in [-0.4, -0.2) is 26.1 Å². The van der Waals surface area contributed by atoms with Crippen LogP contribution in [0.4, 0.5) is 0 Å². The quantitative estimate of drug-likeness (QED) is 0.211. The maximum Gasteiger partial charge on any atom is 0.213 e. The van der Waals surface area contributed by atoms with Gasteiger partial charge in [-0.2, -0.15) is 0 Å². The van der Waals surface area contributed by atoms with Crippen LogP contribution in [0.5, 0.6) is 0 Å². The maximum absolute atomic E-state index is 7.42. The van der Waals surface area contributed by atoms with Crippen molar-refractivity contribution in [2.45, 2.75) is 78.6 Å². The summed E-state index contributed by atoms with van der Waals surface area (Å²) in [4.78, 5) is 2.69. The average Bonchev–Trinajstić information content (AvgIpc) is 2.87. The molecular formula is C32H42N2OP2Si2. The lowest BCUT2D eigenvalue weighted by molar-refractivity contribution is 0.570. The summed E-state index contributed by atoms with van der Waals surface area (Å²) < 4.78 is 17.6. The van der Waals surface area contributed by atoms with E-state index in [1.165, 1.54) is 32.1 Å². The van der Waals surface area contributed by atoms with Gasteiger partial charge in [0.1, 0.15) is 0 Å². The predicted octanol–water partition coefficient (Wildman–Crippen LogP) is 9.11. The van der Waals surface area contributed by atoms with Gasteiger partial charge in [-0.05, 0) is 60.6 Å². The molecule has 4 rings (SSSR count). The molecule has 0 atom stereocenters. The Morgan fingerprint density at radius 1 is 0.564 bits per heavy atom. The summed E-state index contributed by atoms with van der Waals surface area (Å²) in [5, 5.41) is 0. The van der Waals surface area contributed by atoms with Crippen LogP contribution in [0, 0.1) is 0 Å². The highest BCUT2D eigenvalue weighted by Crippen LogP contribution is 2.33. The molecule has 39 heavy (non-hydrogen) atoms. The van der Waals surface area contributed by atoms with Gasteiger partial charge in [-0.3, -0.25) is 0 Å². The van der Waals surface area contributed by atoms with Crippen molar-refractivity contribution in [1.82, 2.24) is 9.49 Å². The smallest absolute Gasteiger partial charge is 0.213 e. The standard InChI is InChI=1S/C32H42N2OP2Si2/c1-31(2,3)27-21-25(23-17-13-11-14-18-23)29(36-33-27)38(7,8)35-39(9,10)30-26(24-19-15-12-16-20-24)22-28(34-37-30)32(4,5)6/h11-22H,1-10H3. The lowest BCUT2D eigenvalue weighted by Crippen LogP contribution is -2.57. The zero-order valence-corrected chi connectivity index (χ0v) is 28.9. The molecule has 0 saturated carbocycles. The third-order valence-electron chi connectivity index (χ3n) is 6.95. The van der Waals surface area contributed by atoms with Crippen molar-refractivity contribution in [2.24, 2.45) is 0 Å². The van der Waals surface area contributed by atoms with Crippen molar-refractivity contribution in [3.63, 3.8) is 0 Å². The van der Waals surface area contributed by atoms with E-state index in [2.05, 4.69) is 141 Å². The summed E-state index contributed by atoms with van der Waals surface area (Å²) in [6, 6.07) is 26.2. The fourth-order valence-electron chi connectivity index (χ4n) is 4.82. The number of aromatic nitrogens is 2. The van der Waals surface area contributed by atoms with E-state index in [9.17, 15) is 0 Å². The summed E-state index contributed by atoms with van der Waals surface area (Å²) in [6.07, 6.45) is 0. The Morgan fingerprint density at radius 3 is 1.21 bits per heavy atom. The Hall–Kier alpha value is -2.01. The van der Waals surface area contributed by atoms with Gasteiger partial charge in [-0.15, -0.1) is 0 Å². The number of hydrogen-bond acceptors (Lipinski definition) is 3. The molecule has 2 heterocycles. The second-order valence-electron chi connectivity index (χ2n) is 13.3. The molecule has 0 spiro atoms. The van der Waals surface area contributed by atoms with Gasteiger partial charge in [0, 0.05) is 37.4 Å². The molecule has 0 aliphatic carbocycles. The largest absolute Gasteiger partial charge is 0.448 e. The highest BCUT2D eigenvalue weighted by molar-refractivity contribution is 7.39. The second kappa shape index (κ2) is 11.1. The molecule has 2 aromatic carbocycles. The number of nitrogens with zero attached hydrogens (tertiary/aromatic N) is 2. The minimum Gasteiger partial charge on any atom is -0.448 e. The average molecular weight is 589 g/mol. The van der Waals surface area contributed by atoms with Gasteiger partial charge in [0.25, 0.3) is 0 Å². The van der Waals surface area contributed by atoms with Crippen molar-refractivity contribution >= 4 is 43.2 Å². The third kappa shape index (κ3) is 6.84. The topological polar surface area (TPSA) is 35.0 Å². The molecular weight excluding hydrogens is 546 g/mol. The summed E-state index contributed by atoms with van der Waals surface area (Å²) in [5.41, 5.74) is 7.34. The first kappa shape index (κ1) is 30.0. The normalized spacial score (nSPS) is 13.4. The highest BCUT2D eigenvalue weighted by atomic mass is 31.1. The number of hydrogen-bond donors (Lipinski definition) is 0. The van der Waals surface area contributed by atoms with Gasteiger partial charge in [0.2, 0.25) is 16.6 Å². The van der Waals surface area contributed by atoms with Crippen LogP contribution in [0.3, 0.4) is 0 Å². The van der Waals surface area contributed by atoms with E-state index in [0.717, 1.165) is 28.1 Å². The fourth-order valence-corrected chi connectivity index (χ4v) is 17.2. The van der Waals surface area contributed by atoms with Crippen molar-refractivity contribution in [1.29, 1.82) is 0 Å². The lowest BCUT2D eigenvalue weighted by atomic mass is 9.91. The molecule has 0 fully saturated rings. The van der Waals surface area contributed by atoms with Gasteiger partial charge >= 0.3 is 0 Å². The monoisotopic (exact) mass is 588 g/mol. The Bertz CT molecular complexity index is 1330. The van der Waals surface area contributed by atoms with Crippen molar-refractivity contribution in [3.8, 4) is 22.3 Å². The molecule has 0 radical (unpaired) electrons. The Morgan fingerprint density at radius 2 is 0.897 bits per heavy atom. The van der Waals surface area contributed by atoms with Crippen LogP contribution in [0.1, 0.15) is 52.9 Å². The molecule has 0 unspecified atom stereocenters. The van der Waals surface area contributed by atoms with Gasteiger partial charge < -0.3 is 4.12 Å². The highest BCUT2D eigenvalue weighted by Gasteiger charge is 2.40. The molecule has 0 aliphatic rings. The Kier molecular flexibility index (Phi) is 8.53. The van der Waals surface area contributed by atoms with Crippen molar-refractivity contribution in [2.75, 3.05) is 0 Å². The molecule has 3 nitrogen and oxygen atoms in total. The van der Waals surface area contributed by atoms with Crippen LogP contribution in [0.15, 0.2) is 72.8 Å². The molecule has 0 amide bonds. The summed E-state index contributed by atoms with van der Waals surface area (Å²) >= 11 is 0. The first-order valence-electron chi connectivity index (χ1n) is 13.7. The Balaban J connectivity index is 1.83. The maximum atomic E-state index is 7.42. The van der Waals surface area contributed by atoms with Crippen LogP contribution in [0.2, 0.25) is 26.2 Å². The van der Waals surface area contributed by atoms with Gasteiger partial charge in [0.15, 0.2) is 0 Å². The minimum absolute atomic E-state index is 0.00584. The zero-order valence-electron chi connectivity index (χ0n) is 25.1. The number of rotatable bonds is 6. The van der Waals surface area contributed by atoms with Crippen molar-refractivity contribution in [3.05, 3.63) is 84.2 Å². The van der Waals surface area contributed by atoms with Crippen LogP contribution in [0.25, 0.3) is 22.3 Å². The van der Waals surface area contributed by atoms with Crippen LogP contribution >= 0.6 is 16.7 Å². The summed E-state index contributed by atoms with van der Waals surface area (Å²) in [7, 11) is -2.67. The lowest BCUT2D eigenvalue weighted by Gasteiger charge is -2.36. The molecule has 0 N–H and O–H groups in total. The van der Waals surface area contributed by atoms with Crippen molar-refractivity contribution < 1.29 is 4.12 Å². The number of benzene rings is 2. The van der Waals surface area contributed by atoms with Gasteiger partial charge in [-0.1, -0.05) is 102 Å². The molecule has 0 aliphatic heterocycles. The van der Waals surface area contributed by atoms with E-state index in [1.807, 2.05) is 0 Å². The molecule has 7 heteroatoms. The van der Waals surface area contributed by atoms with Crippen LogP contribution in [-0.2, 0) is 14.9 Å². The van der Waals surface area contributed by atoms with E-state index < -0.39 is 16.6 Å². The van der Waals surface area contributed by atoms with Gasteiger partial charge in [0.05, 0.1) is 11.4 Å². The van der Waals surface area contributed by atoms with E-state index in [1.54, 1.807) is 0 Å². The summed E-state index contributed by atoms with van der Waals surface area (Å²) in [5.74, 6) is 0. The van der Waals surface area contributed by atoms with E-state index >= 15 is 0 Å². The molecule has 0 bridgehead atoms. The second-order valence-corrected chi connectivity index (χ2v) is 23.7. The SMILES string of the molecule is CC(C)(C)c1cc(-c2ccccc2)c([Si](C)(C)O[Si](C)(C)c2pnc(C(C)(C)C)cc2-c2ccccc2)pn1. The minimum atomic E-state index is -2.35. The third-order valence-corrected chi connectivity index (χ3v) is 19.2. The Labute approximate surface area is 241 Å². The molecule has 2 aromatic heterocycles. The fraction of sp³-hybridized carbons (Fsp3) is 0.375. The predicted molar refractivity (Wildman–Crippen MR) is 177 cm³/mol. The van der Waals surface area contributed by atoms with E-state index in [4.69, 9.17) is 13.6 Å². The van der Waals surface area contributed by atoms with E-state index in [0.29, 0.717) is 0 Å². The molecule has 204 valence electrons. The molecule has 4 aromatic rings.